The molecule has 0 saturated heterocycles. The van der Waals surface area contributed by atoms with E-state index in [1.807, 2.05) is 0 Å². The monoisotopic (exact) mass is 282 g/mol. The maximum absolute atomic E-state index is 3.62. The van der Waals surface area contributed by atoms with Crippen LogP contribution >= 0.6 is 0 Å². The van der Waals surface area contributed by atoms with E-state index in [-0.39, 0.29) is 0 Å². The van der Waals surface area contributed by atoms with Gasteiger partial charge in [0.05, 0.1) is 0 Å². The zero-order chi connectivity index (χ0) is 15.2. The summed E-state index contributed by atoms with van der Waals surface area (Å²) in [6, 6.07) is 0.806. The normalized spacial score (nSPS) is 22.9. The summed E-state index contributed by atoms with van der Waals surface area (Å²) in [4.78, 5) is 2.65. The van der Waals surface area contributed by atoms with Crippen LogP contribution in [-0.2, 0) is 0 Å². The molecule has 0 aliphatic heterocycles. The first-order valence-corrected chi connectivity index (χ1v) is 8.73. The number of hydrogen-bond acceptors (Lipinski definition) is 2. The van der Waals surface area contributed by atoms with Crippen molar-refractivity contribution < 1.29 is 0 Å². The largest absolute Gasteiger partial charge is 0.316 e. The highest BCUT2D eigenvalue weighted by Gasteiger charge is 2.31. The molecule has 1 unspecified atom stereocenters. The molecule has 0 heterocycles. The summed E-state index contributed by atoms with van der Waals surface area (Å²) in [6.07, 6.45) is 8.02. The van der Waals surface area contributed by atoms with Gasteiger partial charge in [-0.15, -0.1) is 0 Å². The molecule has 1 rings (SSSR count). The summed E-state index contributed by atoms with van der Waals surface area (Å²) in [5, 5.41) is 3.62. The van der Waals surface area contributed by atoms with Crippen molar-refractivity contribution in [2.75, 3.05) is 26.7 Å². The molecule has 1 atom stereocenters. The average molecular weight is 283 g/mol. The van der Waals surface area contributed by atoms with Crippen LogP contribution in [0.5, 0.6) is 0 Å². The van der Waals surface area contributed by atoms with E-state index >= 15 is 0 Å². The van der Waals surface area contributed by atoms with Gasteiger partial charge >= 0.3 is 0 Å². The third-order valence-electron chi connectivity index (χ3n) is 5.40. The molecule has 0 spiro atoms. The van der Waals surface area contributed by atoms with Crippen molar-refractivity contribution in [3.05, 3.63) is 0 Å². The molecule has 20 heavy (non-hydrogen) atoms. The van der Waals surface area contributed by atoms with Crippen LogP contribution in [0.4, 0.5) is 0 Å². The van der Waals surface area contributed by atoms with E-state index in [0.717, 1.165) is 19.1 Å². The smallest absolute Gasteiger partial charge is 0.00928 e. The van der Waals surface area contributed by atoms with Gasteiger partial charge in [-0.05, 0) is 62.9 Å². The minimum Gasteiger partial charge on any atom is -0.316 e. The molecule has 1 saturated carbocycles. The summed E-state index contributed by atoms with van der Waals surface area (Å²) in [6.45, 7) is 15.4. The Bertz CT molecular complexity index is 265. The maximum Gasteiger partial charge on any atom is 0.00928 e. The first-order valence-electron chi connectivity index (χ1n) is 8.73. The highest BCUT2D eigenvalue weighted by Crippen LogP contribution is 2.37. The Hall–Kier alpha value is -0.0800. The topological polar surface area (TPSA) is 15.3 Å². The quantitative estimate of drug-likeness (QED) is 0.668. The Morgan fingerprint density at radius 2 is 1.80 bits per heavy atom. The predicted molar refractivity (Wildman–Crippen MR) is 90.2 cm³/mol. The average Bonchev–Trinajstić information content (AvgIpc) is 2.38. The first-order chi connectivity index (χ1) is 9.32. The second kappa shape index (κ2) is 7.79. The molecule has 0 aromatic carbocycles. The summed E-state index contributed by atoms with van der Waals surface area (Å²) >= 11 is 0. The summed E-state index contributed by atoms with van der Waals surface area (Å²) < 4.78 is 0. The van der Waals surface area contributed by atoms with Gasteiger partial charge in [0.15, 0.2) is 0 Å². The van der Waals surface area contributed by atoms with Gasteiger partial charge in [-0.3, -0.25) is 0 Å². The van der Waals surface area contributed by atoms with Gasteiger partial charge in [-0.2, -0.15) is 0 Å². The van der Waals surface area contributed by atoms with Gasteiger partial charge in [0.2, 0.25) is 0 Å². The lowest BCUT2D eigenvalue weighted by Gasteiger charge is -2.42. The van der Waals surface area contributed by atoms with Crippen LogP contribution in [-0.4, -0.2) is 37.6 Å². The number of nitrogens with zero attached hydrogens (tertiary/aromatic N) is 1. The molecule has 1 N–H and O–H groups in total. The van der Waals surface area contributed by atoms with Crippen molar-refractivity contribution in [2.45, 2.75) is 79.2 Å². The zero-order valence-corrected chi connectivity index (χ0v) is 14.9. The standard InChI is InChI=1S/C18H38N2/c1-7-13-19-14-18(5,8-2)15-20(6)16-9-11-17(3,4)12-10-16/h16,19H,7-15H2,1-6H3. The Labute approximate surface area is 127 Å². The van der Waals surface area contributed by atoms with Gasteiger partial charge in [0.25, 0.3) is 0 Å². The molecule has 120 valence electrons. The molecule has 0 radical (unpaired) electrons. The fourth-order valence-electron chi connectivity index (χ4n) is 3.42. The minimum atomic E-state index is 0.414. The molecule has 2 heteroatoms. The summed E-state index contributed by atoms with van der Waals surface area (Å²) in [5.74, 6) is 0. The van der Waals surface area contributed by atoms with Gasteiger partial charge < -0.3 is 10.2 Å². The van der Waals surface area contributed by atoms with E-state index in [1.54, 1.807) is 0 Å². The Balaban J connectivity index is 2.44. The molecule has 1 aliphatic rings. The second-order valence-electron chi connectivity index (χ2n) is 8.15. The fraction of sp³-hybridized carbons (Fsp3) is 1.00. The van der Waals surface area contributed by atoms with Crippen LogP contribution in [0.15, 0.2) is 0 Å². The lowest BCUT2D eigenvalue weighted by molar-refractivity contribution is 0.0872. The SMILES string of the molecule is CCCNCC(C)(CC)CN(C)C1CCC(C)(C)CC1. The van der Waals surface area contributed by atoms with Crippen molar-refractivity contribution in [3.8, 4) is 0 Å². The predicted octanol–water partition coefficient (Wildman–Crippen LogP) is 4.30. The van der Waals surface area contributed by atoms with Crippen LogP contribution < -0.4 is 5.32 Å². The third-order valence-corrected chi connectivity index (χ3v) is 5.40. The van der Waals surface area contributed by atoms with E-state index < -0.39 is 0 Å². The van der Waals surface area contributed by atoms with Gasteiger partial charge in [0.1, 0.15) is 0 Å². The van der Waals surface area contributed by atoms with Crippen molar-refractivity contribution in [2.24, 2.45) is 10.8 Å². The number of nitrogens with one attached hydrogen (secondary N) is 1. The molecule has 1 aliphatic carbocycles. The molecular weight excluding hydrogens is 244 g/mol. The van der Waals surface area contributed by atoms with Crippen LogP contribution in [0.25, 0.3) is 0 Å². The van der Waals surface area contributed by atoms with Gasteiger partial charge in [-0.1, -0.05) is 34.6 Å². The van der Waals surface area contributed by atoms with Crippen molar-refractivity contribution in [1.29, 1.82) is 0 Å². The van der Waals surface area contributed by atoms with Crippen LogP contribution in [0, 0.1) is 10.8 Å². The Morgan fingerprint density at radius 3 is 2.30 bits per heavy atom. The summed E-state index contributed by atoms with van der Waals surface area (Å²) in [5.41, 5.74) is 0.991. The highest BCUT2D eigenvalue weighted by molar-refractivity contribution is 4.86. The maximum atomic E-state index is 3.62. The van der Waals surface area contributed by atoms with Crippen LogP contribution in [0.1, 0.15) is 73.1 Å². The lowest BCUT2D eigenvalue weighted by atomic mass is 9.75. The van der Waals surface area contributed by atoms with E-state index in [1.165, 1.54) is 45.1 Å². The minimum absolute atomic E-state index is 0.414. The molecule has 1 fully saturated rings. The van der Waals surface area contributed by atoms with E-state index in [4.69, 9.17) is 0 Å². The van der Waals surface area contributed by atoms with Crippen LogP contribution in [0.2, 0.25) is 0 Å². The molecule has 0 amide bonds. The third kappa shape index (κ3) is 5.73. The highest BCUT2D eigenvalue weighted by atomic mass is 15.1. The molecule has 0 bridgehead atoms. The molecule has 0 aromatic rings. The van der Waals surface area contributed by atoms with Crippen LogP contribution in [0.3, 0.4) is 0 Å². The number of rotatable bonds is 8. The Morgan fingerprint density at radius 1 is 1.20 bits per heavy atom. The fourth-order valence-corrected chi connectivity index (χ4v) is 3.42. The van der Waals surface area contributed by atoms with E-state index in [9.17, 15) is 0 Å². The van der Waals surface area contributed by atoms with Crippen molar-refractivity contribution >= 4 is 0 Å². The second-order valence-corrected chi connectivity index (χ2v) is 8.15. The van der Waals surface area contributed by atoms with Gasteiger partial charge in [0, 0.05) is 19.1 Å². The molecule has 2 nitrogen and oxygen atoms in total. The van der Waals surface area contributed by atoms with Crippen molar-refractivity contribution in [3.63, 3.8) is 0 Å². The van der Waals surface area contributed by atoms with Crippen molar-refractivity contribution in [1.82, 2.24) is 10.2 Å². The Kier molecular flexibility index (Phi) is 7.00. The van der Waals surface area contributed by atoms with Gasteiger partial charge in [-0.25, -0.2) is 0 Å². The lowest BCUT2D eigenvalue weighted by Crippen LogP contribution is -2.46. The number of hydrogen-bond donors (Lipinski definition) is 1. The summed E-state index contributed by atoms with van der Waals surface area (Å²) in [7, 11) is 2.34. The van der Waals surface area contributed by atoms with E-state index in [0.29, 0.717) is 10.8 Å². The first kappa shape index (κ1) is 18.0. The molecular formula is C18H38N2. The molecule has 0 aromatic heterocycles. The zero-order valence-electron chi connectivity index (χ0n) is 14.9. The van der Waals surface area contributed by atoms with E-state index in [2.05, 4.69) is 51.9 Å².